The van der Waals surface area contributed by atoms with Crippen molar-refractivity contribution < 1.29 is 9.53 Å². The van der Waals surface area contributed by atoms with Gasteiger partial charge in [-0.3, -0.25) is 4.79 Å². The Labute approximate surface area is 147 Å². The largest absolute Gasteiger partial charge is 0.415 e. The maximum absolute atomic E-state index is 13.1. The van der Waals surface area contributed by atoms with E-state index in [0.717, 1.165) is 44.4 Å². The van der Waals surface area contributed by atoms with Gasteiger partial charge >= 0.3 is 5.97 Å². The maximum atomic E-state index is 13.1. The van der Waals surface area contributed by atoms with Gasteiger partial charge in [0.05, 0.1) is 5.41 Å². The zero-order valence-corrected chi connectivity index (χ0v) is 15.5. The van der Waals surface area contributed by atoms with Gasteiger partial charge in [0, 0.05) is 0 Å². The van der Waals surface area contributed by atoms with Gasteiger partial charge in [0.1, 0.15) is 6.07 Å². The normalized spacial score (nSPS) is 27.3. The van der Waals surface area contributed by atoms with Crippen LogP contribution in [0, 0.1) is 28.6 Å². The van der Waals surface area contributed by atoms with E-state index in [9.17, 15) is 10.1 Å². The van der Waals surface area contributed by atoms with Gasteiger partial charge in [-0.15, -0.1) is 0 Å². The summed E-state index contributed by atoms with van der Waals surface area (Å²) in [6, 6.07) is 2.03. The zero-order valence-electron chi connectivity index (χ0n) is 15.5. The molecule has 3 nitrogen and oxygen atoms in total. The second-order valence-corrected chi connectivity index (χ2v) is 7.70. The van der Waals surface area contributed by atoms with Crippen molar-refractivity contribution in [1.82, 2.24) is 0 Å². The molecule has 0 spiro atoms. The number of carbonyl (C=O) groups is 1. The zero-order chi connectivity index (χ0) is 17.4. The molecule has 2 aliphatic carbocycles. The van der Waals surface area contributed by atoms with Gasteiger partial charge in [-0.25, -0.2) is 0 Å². The second-order valence-electron chi connectivity index (χ2n) is 7.70. The molecule has 0 aromatic heterocycles. The minimum absolute atomic E-state index is 0.123. The summed E-state index contributed by atoms with van der Waals surface area (Å²) in [4.78, 5) is 13.1. The average Bonchev–Trinajstić information content (AvgIpc) is 2.62. The Bertz CT molecular complexity index is 475. The van der Waals surface area contributed by atoms with Gasteiger partial charge in [0.25, 0.3) is 0 Å². The maximum Gasteiger partial charge on any atom is 0.318 e. The molecule has 0 unspecified atom stereocenters. The van der Waals surface area contributed by atoms with E-state index in [-0.39, 0.29) is 17.1 Å². The highest BCUT2D eigenvalue weighted by Crippen LogP contribution is 2.50. The fourth-order valence-electron chi connectivity index (χ4n) is 4.87. The molecule has 0 amide bonds. The van der Waals surface area contributed by atoms with E-state index < -0.39 is 0 Å². The van der Waals surface area contributed by atoms with Crippen molar-refractivity contribution >= 4 is 5.97 Å². The molecule has 2 rings (SSSR count). The molecule has 0 aromatic rings. The van der Waals surface area contributed by atoms with Gasteiger partial charge in [-0.05, 0) is 50.0 Å². The molecular formula is C21H33NO2. The smallest absolute Gasteiger partial charge is 0.318 e. The monoisotopic (exact) mass is 331 g/mol. The number of carbonyl (C=O) groups excluding carboxylic acids is 1. The predicted molar refractivity (Wildman–Crippen MR) is 96.0 cm³/mol. The minimum atomic E-state index is -0.334. The van der Waals surface area contributed by atoms with E-state index >= 15 is 0 Å². The Morgan fingerprint density at radius 1 is 1.17 bits per heavy atom. The van der Waals surface area contributed by atoms with Crippen LogP contribution in [0.1, 0.15) is 90.9 Å². The molecule has 0 saturated heterocycles. The number of esters is 1. The van der Waals surface area contributed by atoms with Crippen molar-refractivity contribution in [2.45, 2.75) is 90.9 Å². The van der Waals surface area contributed by atoms with Crippen LogP contribution in [-0.4, -0.2) is 5.97 Å². The fraction of sp³-hybridized carbons (Fsp3) is 0.810. The quantitative estimate of drug-likeness (QED) is 0.345. The first kappa shape index (κ1) is 19.0. The first-order chi connectivity index (χ1) is 11.7. The van der Waals surface area contributed by atoms with Crippen LogP contribution in [0.5, 0.6) is 0 Å². The molecule has 0 heterocycles. The molecule has 2 fully saturated rings. The fourth-order valence-corrected chi connectivity index (χ4v) is 4.87. The summed E-state index contributed by atoms with van der Waals surface area (Å²) >= 11 is 0. The standard InChI is InChI=1S/C21H33NO2/c1-3-8-17-10-12-18(13-11-17)21(14-6-5-7-15-21)20(23)24-19(16-22)9-4-2/h9,17-18H,3-8,10-15H2,1-2H3/b19-9-. The Morgan fingerprint density at radius 3 is 2.38 bits per heavy atom. The summed E-state index contributed by atoms with van der Waals surface area (Å²) in [5.41, 5.74) is -0.334. The highest BCUT2D eigenvalue weighted by atomic mass is 16.5. The summed E-state index contributed by atoms with van der Waals surface area (Å²) in [5.74, 6) is 1.35. The summed E-state index contributed by atoms with van der Waals surface area (Å²) in [7, 11) is 0. The van der Waals surface area contributed by atoms with E-state index in [0.29, 0.717) is 12.3 Å². The van der Waals surface area contributed by atoms with Crippen molar-refractivity contribution in [3.05, 3.63) is 11.8 Å². The highest BCUT2D eigenvalue weighted by molar-refractivity contribution is 5.78. The lowest BCUT2D eigenvalue weighted by Crippen LogP contribution is -2.43. The van der Waals surface area contributed by atoms with Crippen LogP contribution < -0.4 is 0 Å². The number of nitrogens with zero attached hydrogens (tertiary/aromatic N) is 1. The number of rotatable bonds is 6. The Kier molecular flexibility index (Phi) is 7.34. The van der Waals surface area contributed by atoms with Crippen LogP contribution in [0.15, 0.2) is 11.8 Å². The first-order valence-corrected chi connectivity index (χ1v) is 9.98. The molecule has 0 aliphatic heterocycles. The molecule has 134 valence electrons. The number of ether oxygens (including phenoxy) is 1. The van der Waals surface area contributed by atoms with E-state index in [1.165, 1.54) is 32.1 Å². The van der Waals surface area contributed by atoms with Crippen molar-refractivity contribution in [2.24, 2.45) is 17.3 Å². The van der Waals surface area contributed by atoms with Gasteiger partial charge in [0.2, 0.25) is 5.76 Å². The third-order valence-electron chi connectivity index (χ3n) is 6.18. The molecular weight excluding hydrogens is 298 g/mol. The van der Waals surface area contributed by atoms with Crippen molar-refractivity contribution in [3.8, 4) is 6.07 Å². The molecule has 0 bridgehead atoms. The third-order valence-corrected chi connectivity index (χ3v) is 6.18. The minimum Gasteiger partial charge on any atom is -0.415 e. The molecule has 2 aliphatic rings. The summed E-state index contributed by atoms with van der Waals surface area (Å²) in [6.45, 7) is 4.21. The summed E-state index contributed by atoms with van der Waals surface area (Å²) in [6.07, 6.45) is 15.2. The number of hydrogen-bond acceptors (Lipinski definition) is 3. The lowest BCUT2D eigenvalue weighted by atomic mass is 9.60. The first-order valence-electron chi connectivity index (χ1n) is 9.98. The Morgan fingerprint density at radius 2 is 1.83 bits per heavy atom. The number of allylic oxidation sites excluding steroid dienone is 2. The van der Waals surface area contributed by atoms with Crippen molar-refractivity contribution in [1.29, 1.82) is 5.26 Å². The van der Waals surface area contributed by atoms with Gasteiger partial charge in [-0.2, -0.15) is 5.26 Å². The molecule has 0 atom stereocenters. The summed E-state index contributed by atoms with van der Waals surface area (Å²) in [5, 5.41) is 9.20. The molecule has 2 saturated carbocycles. The van der Waals surface area contributed by atoms with E-state index in [1.807, 2.05) is 13.0 Å². The number of hydrogen-bond donors (Lipinski definition) is 0. The lowest BCUT2D eigenvalue weighted by molar-refractivity contribution is -0.159. The van der Waals surface area contributed by atoms with Crippen LogP contribution in [0.4, 0.5) is 0 Å². The Hall–Kier alpha value is -1.30. The van der Waals surface area contributed by atoms with Gasteiger partial charge < -0.3 is 4.74 Å². The van der Waals surface area contributed by atoms with Crippen molar-refractivity contribution in [3.63, 3.8) is 0 Å². The molecule has 24 heavy (non-hydrogen) atoms. The predicted octanol–water partition coefficient (Wildman–Crippen LogP) is 5.90. The van der Waals surface area contributed by atoms with Crippen LogP contribution in [0.2, 0.25) is 0 Å². The molecule has 0 aromatic carbocycles. The topological polar surface area (TPSA) is 50.1 Å². The highest BCUT2D eigenvalue weighted by Gasteiger charge is 2.48. The Balaban J connectivity index is 2.10. The SMILES string of the molecule is CC/C=C(/C#N)OC(=O)C1(C2CCC(CCC)CC2)CCCCC1. The molecule has 0 radical (unpaired) electrons. The van der Waals surface area contributed by atoms with Gasteiger partial charge in [-0.1, -0.05) is 58.8 Å². The lowest BCUT2D eigenvalue weighted by Gasteiger charge is -2.44. The van der Waals surface area contributed by atoms with Crippen LogP contribution in [0.25, 0.3) is 0 Å². The van der Waals surface area contributed by atoms with Crippen LogP contribution in [0.3, 0.4) is 0 Å². The van der Waals surface area contributed by atoms with E-state index in [1.54, 1.807) is 6.08 Å². The molecule has 0 N–H and O–H groups in total. The van der Waals surface area contributed by atoms with Crippen LogP contribution in [-0.2, 0) is 9.53 Å². The van der Waals surface area contributed by atoms with E-state index in [2.05, 4.69) is 6.92 Å². The third kappa shape index (κ3) is 4.41. The number of nitriles is 1. The second kappa shape index (κ2) is 9.25. The van der Waals surface area contributed by atoms with Gasteiger partial charge in [0.15, 0.2) is 0 Å². The summed E-state index contributed by atoms with van der Waals surface area (Å²) < 4.78 is 5.57. The van der Waals surface area contributed by atoms with Crippen molar-refractivity contribution in [2.75, 3.05) is 0 Å². The van der Waals surface area contributed by atoms with E-state index in [4.69, 9.17) is 4.74 Å². The van der Waals surface area contributed by atoms with Crippen LogP contribution >= 0.6 is 0 Å². The molecule has 3 heteroatoms. The average molecular weight is 332 g/mol.